The Morgan fingerprint density at radius 3 is 2.59 bits per heavy atom. The Bertz CT molecular complexity index is 1600. The molecule has 192 valence electrons. The minimum absolute atomic E-state index is 0.0171. The number of amides is 1. The molecule has 0 unspecified atom stereocenters. The van der Waals surface area contributed by atoms with Gasteiger partial charge in [-0.05, 0) is 64.8 Å². The lowest BCUT2D eigenvalue weighted by Gasteiger charge is -2.40. The average molecular weight is 497 g/mol. The maximum Gasteiger partial charge on any atom is 0.252 e. The lowest BCUT2D eigenvalue weighted by Crippen LogP contribution is -2.38. The molecule has 4 aromatic rings. The lowest BCUT2D eigenvalue weighted by atomic mass is 9.96. The molecule has 3 aliphatic rings. The van der Waals surface area contributed by atoms with Gasteiger partial charge in [-0.3, -0.25) is 4.79 Å². The second kappa shape index (κ2) is 9.36. The number of para-hydroxylation sites is 1. The van der Waals surface area contributed by atoms with Gasteiger partial charge >= 0.3 is 0 Å². The smallest absolute Gasteiger partial charge is 0.252 e. The van der Waals surface area contributed by atoms with Gasteiger partial charge in [-0.1, -0.05) is 43.0 Å². The third-order valence-electron chi connectivity index (χ3n) is 7.66. The van der Waals surface area contributed by atoms with Crippen LogP contribution >= 0.6 is 0 Å². The molecule has 2 aromatic heterocycles. The van der Waals surface area contributed by atoms with E-state index in [-0.39, 0.29) is 12.1 Å². The predicted octanol–water partition coefficient (Wildman–Crippen LogP) is 6.82. The first-order valence-electron chi connectivity index (χ1n) is 13.0. The Balaban J connectivity index is 0.000000525. The Labute approximate surface area is 218 Å². The highest BCUT2D eigenvalue weighted by Crippen LogP contribution is 2.52. The zero-order chi connectivity index (χ0) is 26.5. The highest BCUT2D eigenvalue weighted by molar-refractivity contribution is 6.28. The summed E-state index contributed by atoms with van der Waals surface area (Å²) in [5.74, 6) is 0.0171. The van der Waals surface area contributed by atoms with Gasteiger partial charge in [-0.15, -0.1) is 6.58 Å². The molecule has 5 heterocycles. The molecule has 3 aliphatic heterocycles. The maximum atomic E-state index is 13.2. The Kier molecular flexibility index (Phi) is 6.34. The fraction of sp³-hybridized carbons (Fsp3) is 0.323. The van der Waals surface area contributed by atoms with Gasteiger partial charge in [0.15, 0.2) is 0 Å². The van der Waals surface area contributed by atoms with E-state index in [0.29, 0.717) is 6.54 Å². The summed E-state index contributed by atoms with van der Waals surface area (Å²) >= 11 is 0. The van der Waals surface area contributed by atoms with Crippen LogP contribution in [0, 0.1) is 0 Å². The number of allylic oxidation sites excluding steroid dienone is 2. The minimum Gasteiger partial charge on any atom is -0.348 e. The number of hydrogen-bond acceptors (Lipinski definition) is 3. The van der Waals surface area contributed by atoms with Gasteiger partial charge in [0.1, 0.15) is 12.0 Å². The number of fused-ring (bicyclic) bond motifs is 10. The summed E-state index contributed by atoms with van der Waals surface area (Å²) in [6, 6.07) is 8.45. The van der Waals surface area contributed by atoms with Crippen molar-refractivity contribution < 1.29 is 9.53 Å². The number of ether oxygens (including phenoxy) is 1. The average Bonchev–Trinajstić information content (AvgIpc) is 3.54. The van der Waals surface area contributed by atoms with Crippen LogP contribution in [-0.4, -0.2) is 22.1 Å². The van der Waals surface area contributed by atoms with Crippen LogP contribution in [0.4, 0.5) is 0 Å². The van der Waals surface area contributed by atoms with E-state index in [0.717, 1.165) is 68.8 Å². The van der Waals surface area contributed by atoms with E-state index in [4.69, 9.17) is 4.74 Å². The van der Waals surface area contributed by atoms with E-state index >= 15 is 0 Å². The summed E-state index contributed by atoms with van der Waals surface area (Å²) < 4.78 is 11.7. The summed E-state index contributed by atoms with van der Waals surface area (Å²) in [5, 5.41) is 6.45. The molecule has 6 heteroatoms. The standard InChI is InChI=1S/C27H25N3O2.C3H6.CH5N/c1-4-9-15-18(5-2)30-25-21(15)17-14-28-26(31)23(17)22-16-10-6-7-11-19(16)29(24(22)25)20-12-8-13-27(30,3)32-20;1-3-2;1-2/h4-7,9-11,20H,2,8,12-14H2,1,3H3,(H,28,31);3H,1H2,2H3;2H2,1H3/b9-4-;;/t20-,27+;;/m1../s1. The van der Waals surface area contributed by atoms with Gasteiger partial charge in [0.25, 0.3) is 5.91 Å². The molecule has 37 heavy (non-hydrogen) atoms. The molecule has 1 fully saturated rings. The maximum absolute atomic E-state index is 13.2. The van der Waals surface area contributed by atoms with Crippen molar-refractivity contribution in [3.63, 3.8) is 0 Å². The quantitative estimate of drug-likeness (QED) is 0.299. The number of carbonyl (C=O) groups excluding carboxylic acids is 1. The fourth-order valence-electron chi connectivity index (χ4n) is 6.54. The van der Waals surface area contributed by atoms with Crippen LogP contribution in [0.25, 0.3) is 44.9 Å². The highest BCUT2D eigenvalue weighted by atomic mass is 16.5. The molecule has 0 saturated carbocycles. The van der Waals surface area contributed by atoms with Crippen LogP contribution in [0.3, 0.4) is 0 Å². The van der Waals surface area contributed by atoms with E-state index in [2.05, 4.69) is 76.7 Å². The van der Waals surface area contributed by atoms with Gasteiger partial charge in [0.05, 0.1) is 27.8 Å². The molecule has 7 rings (SSSR count). The van der Waals surface area contributed by atoms with E-state index in [1.165, 1.54) is 12.6 Å². The van der Waals surface area contributed by atoms with Gasteiger partial charge < -0.3 is 24.9 Å². The SMILES string of the molecule is C=CC.C=Cc1c(/C=C\C)c2c3c(c4c5ccccc5n5c4c2n1[C@]1(C)CCC[C@H]5O1)C(=O)NC3.CN. The lowest BCUT2D eigenvalue weighted by molar-refractivity contribution is -0.188. The highest BCUT2D eigenvalue weighted by Gasteiger charge is 2.44. The summed E-state index contributed by atoms with van der Waals surface area (Å²) in [7, 11) is 1.50. The molecule has 2 aromatic carbocycles. The van der Waals surface area contributed by atoms with Crippen molar-refractivity contribution >= 4 is 50.8 Å². The summed E-state index contributed by atoms with van der Waals surface area (Å²) in [6.07, 6.45) is 10.9. The third-order valence-corrected chi connectivity index (χ3v) is 7.66. The zero-order valence-electron chi connectivity index (χ0n) is 22.2. The van der Waals surface area contributed by atoms with Crippen LogP contribution in [0.15, 0.2) is 49.6 Å². The molecular weight excluding hydrogens is 460 g/mol. The van der Waals surface area contributed by atoms with Crippen molar-refractivity contribution in [3.8, 4) is 0 Å². The molecule has 2 bridgehead atoms. The van der Waals surface area contributed by atoms with Crippen molar-refractivity contribution in [2.45, 2.75) is 58.5 Å². The van der Waals surface area contributed by atoms with E-state index in [1.54, 1.807) is 6.08 Å². The topological polar surface area (TPSA) is 74.2 Å². The molecule has 1 amide bonds. The molecule has 0 aliphatic carbocycles. The van der Waals surface area contributed by atoms with Crippen LogP contribution < -0.4 is 11.1 Å². The number of nitrogens with zero attached hydrogens (tertiary/aromatic N) is 2. The van der Waals surface area contributed by atoms with Crippen LogP contribution in [0.1, 0.15) is 73.4 Å². The molecule has 1 saturated heterocycles. The first-order chi connectivity index (χ1) is 18.0. The predicted molar refractivity (Wildman–Crippen MR) is 155 cm³/mol. The van der Waals surface area contributed by atoms with Crippen molar-refractivity contribution in [2.24, 2.45) is 5.73 Å². The van der Waals surface area contributed by atoms with E-state index < -0.39 is 5.72 Å². The van der Waals surface area contributed by atoms with E-state index in [1.807, 2.05) is 19.9 Å². The number of nitrogens with one attached hydrogen (secondary N) is 1. The molecule has 3 N–H and O–H groups in total. The molecule has 6 nitrogen and oxygen atoms in total. The van der Waals surface area contributed by atoms with Gasteiger partial charge in [0.2, 0.25) is 0 Å². The molecular formula is C31H36N4O2. The van der Waals surface area contributed by atoms with Gasteiger partial charge in [0, 0.05) is 28.3 Å². The molecule has 0 radical (unpaired) electrons. The summed E-state index contributed by atoms with van der Waals surface area (Å²) in [5.41, 5.74) is 11.5. The molecule has 0 spiro atoms. The van der Waals surface area contributed by atoms with Crippen molar-refractivity contribution in [3.05, 3.63) is 72.0 Å². The van der Waals surface area contributed by atoms with Gasteiger partial charge in [-0.25, -0.2) is 0 Å². The van der Waals surface area contributed by atoms with Crippen molar-refractivity contribution in [1.82, 2.24) is 14.5 Å². The second-order valence-electron chi connectivity index (χ2n) is 9.76. The number of nitrogens with two attached hydrogens (primary N) is 1. The largest absolute Gasteiger partial charge is 0.348 e. The number of carbonyl (C=O) groups is 1. The summed E-state index contributed by atoms with van der Waals surface area (Å²) in [6.45, 7) is 14.2. The monoisotopic (exact) mass is 496 g/mol. The van der Waals surface area contributed by atoms with Crippen LogP contribution in [0.2, 0.25) is 0 Å². The fourth-order valence-corrected chi connectivity index (χ4v) is 6.54. The Morgan fingerprint density at radius 2 is 1.89 bits per heavy atom. The summed E-state index contributed by atoms with van der Waals surface area (Å²) in [4.78, 5) is 13.2. The number of hydrogen-bond donors (Lipinski definition) is 2. The third kappa shape index (κ3) is 3.29. The number of benzene rings is 2. The second-order valence-corrected chi connectivity index (χ2v) is 9.76. The van der Waals surface area contributed by atoms with E-state index in [9.17, 15) is 4.79 Å². The van der Waals surface area contributed by atoms with Crippen LogP contribution in [-0.2, 0) is 17.0 Å². The van der Waals surface area contributed by atoms with Crippen molar-refractivity contribution in [1.29, 1.82) is 0 Å². The van der Waals surface area contributed by atoms with Crippen molar-refractivity contribution in [2.75, 3.05) is 7.05 Å². The van der Waals surface area contributed by atoms with Gasteiger partial charge in [-0.2, -0.15) is 0 Å². The zero-order valence-corrected chi connectivity index (χ0v) is 22.2. The molecule has 2 atom stereocenters. The first kappa shape index (κ1) is 25.1. The first-order valence-corrected chi connectivity index (χ1v) is 13.0. The Hall–Kier alpha value is -3.61. The normalized spacial score (nSPS) is 21.3. The number of rotatable bonds is 2. The minimum atomic E-state index is -0.470. The number of aromatic nitrogens is 2. The Morgan fingerprint density at radius 1 is 1.16 bits per heavy atom. The van der Waals surface area contributed by atoms with Crippen LogP contribution in [0.5, 0.6) is 0 Å².